The molecule has 0 radical (unpaired) electrons. The van der Waals surface area contributed by atoms with Crippen molar-refractivity contribution in [2.24, 2.45) is 0 Å². The normalized spacial score (nSPS) is 11.2. The largest absolute Gasteiger partial charge is 0.453 e. The molecule has 0 amide bonds. The second-order valence-electron chi connectivity index (χ2n) is 4.18. The van der Waals surface area contributed by atoms with E-state index < -0.39 is 0 Å². The molecular weight excluding hydrogens is 391 g/mol. The van der Waals surface area contributed by atoms with Crippen LogP contribution in [0, 0.1) is 3.57 Å². The van der Waals surface area contributed by atoms with Gasteiger partial charge in [0.2, 0.25) is 0 Å². The van der Waals surface area contributed by atoms with Crippen LogP contribution in [0.1, 0.15) is 5.69 Å². The lowest BCUT2D eigenvalue weighted by Gasteiger charge is -2.05. The molecule has 1 aromatic carbocycles. The smallest absolute Gasteiger partial charge is 0.197 e. The first-order valence-corrected chi connectivity index (χ1v) is 7.34. The summed E-state index contributed by atoms with van der Waals surface area (Å²) in [5.41, 5.74) is 1.55. The number of furan rings is 1. The molecule has 0 saturated carbocycles. The molecule has 0 spiro atoms. The van der Waals surface area contributed by atoms with Gasteiger partial charge in [-0.05, 0) is 34.7 Å². The quantitative estimate of drug-likeness (QED) is 0.486. The van der Waals surface area contributed by atoms with E-state index in [-0.39, 0.29) is 0 Å². The SMILES string of the molecule is COCc1nc(-c2cc3ccccc3o2)nc(Cl)c1I. The fourth-order valence-corrected chi connectivity index (χ4v) is 2.48. The number of rotatable bonds is 3. The molecule has 0 aliphatic heterocycles. The summed E-state index contributed by atoms with van der Waals surface area (Å²) in [4.78, 5) is 8.75. The van der Waals surface area contributed by atoms with Crippen molar-refractivity contribution in [1.29, 1.82) is 0 Å². The van der Waals surface area contributed by atoms with E-state index in [0.717, 1.165) is 20.2 Å². The number of methoxy groups -OCH3 is 1. The first kappa shape index (κ1) is 13.8. The summed E-state index contributed by atoms with van der Waals surface area (Å²) >= 11 is 8.26. The molecule has 0 N–H and O–H groups in total. The van der Waals surface area contributed by atoms with Crippen LogP contribution in [0.3, 0.4) is 0 Å². The van der Waals surface area contributed by atoms with E-state index in [4.69, 9.17) is 20.8 Å². The van der Waals surface area contributed by atoms with Gasteiger partial charge in [0.25, 0.3) is 0 Å². The number of ether oxygens (including phenoxy) is 1. The average Bonchev–Trinajstić information content (AvgIpc) is 2.87. The van der Waals surface area contributed by atoms with Gasteiger partial charge in [-0.25, -0.2) is 9.97 Å². The fourth-order valence-electron chi connectivity index (χ4n) is 1.90. The van der Waals surface area contributed by atoms with E-state index in [1.165, 1.54) is 0 Å². The summed E-state index contributed by atoms with van der Waals surface area (Å²) in [5, 5.41) is 1.41. The number of halogens is 2. The number of benzene rings is 1. The van der Waals surface area contributed by atoms with Gasteiger partial charge in [0, 0.05) is 12.5 Å². The van der Waals surface area contributed by atoms with Crippen LogP contribution in [0.2, 0.25) is 5.15 Å². The van der Waals surface area contributed by atoms with Crippen LogP contribution in [0.4, 0.5) is 0 Å². The van der Waals surface area contributed by atoms with Crippen molar-refractivity contribution in [3.05, 3.63) is 44.7 Å². The Morgan fingerprint density at radius 2 is 2.10 bits per heavy atom. The topological polar surface area (TPSA) is 48.2 Å². The molecule has 0 atom stereocenters. The minimum absolute atomic E-state index is 0.383. The molecule has 3 aromatic rings. The van der Waals surface area contributed by atoms with Crippen LogP contribution >= 0.6 is 34.2 Å². The van der Waals surface area contributed by atoms with Crippen molar-refractivity contribution < 1.29 is 9.15 Å². The van der Waals surface area contributed by atoms with Crippen LogP contribution in [-0.2, 0) is 11.3 Å². The van der Waals surface area contributed by atoms with E-state index in [1.54, 1.807) is 7.11 Å². The Kier molecular flexibility index (Phi) is 3.91. The predicted molar refractivity (Wildman–Crippen MR) is 85.7 cm³/mol. The van der Waals surface area contributed by atoms with Gasteiger partial charge in [-0.1, -0.05) is 29.8 Å². The van der Waals surface area contributed by atoms with Gasteiger partial charge in [-0.3, -0.25) is 0 Å². The third kappa shape index (κ3) is 2.53. The van der Waals surface area contributed by atoms with E-state index in [1.807, 2.05) is 30.3 Å². The highest BCUT2D eigenvalue weighted by Gasteiger charge is 2.15. The lowest BCUT2D eigenvalue weighted by molar-refractivity contribution is 0.181. The lowest BCUT2D eigenvalue weighted by Crippen LogP contribution is -2.01. The lowest BCUT2D eigenvalue weighted by atomic mass is 10.2. The summed E-state index contributed by atoms with van der Waals surface area (Å²) in [5.74, 6) is 1.07. The molecule has 0 aliphatic rings. The second kappa shape index (κ2) is 5.67. The van der Waals surface area contributed by atoms with Crippen LogP contribution in [0.15, 0.2) is 34.7 Å². The molecule has 102 valence electrons. The Morgan fingerprint density at radius 1 is 1.30 bits per heavy atom. The predicted octanol–water partition coefficient (Wildman–Crippen LogP) is 4.29. The highest BCUT2D eigenvalue weighted by atomic mass is 127. The number of aromatic nitrogens is 2. The molecule has 0 aliphatic carbocycles. The number of fused-ring (bicyclic) bond motifs is 1. The molecule has 0 bridgehead atoms. The molecule has 2 heterocycles. The molecule has 3 rings (SSSR count). The maximum absolute atomic E-state index is 6.15. The number of hydrogen-bond acceptors (Lipinski definition) is 4. The number of para-hydroxylation sites is 1. The monoisotopic (exact) mass is 400 g/mol. The van der Waals surface area contributed by atoms with Crippen LogP contribution in [-0.4, -0.2) is 17.1 Å². The van der Waals surface area contributed by atoms with Gasteiger partial charge < -0.3 is 9.15 Å². The Morgan fingerprint density at radius 3 is 2.85 bits per heavy atom. The fraction of sp³-hybridized carbons (Fsp3) is 0.143. The van der Waals surface area contributed by atoms with Crippen molar-refractivity contribution in [3.8, 4) is 11.6 Å². The van der Waals surface area contributed by atoms with Crippen LogP contribution in [0.5, 0.6) is 0 Å². The first-order valence-electron chi connectivity index (χ1n) is 5.89. The zero-order chi connectivity index (χ0) is 14.1. The summed E-state index contributed by atoms with van der Waals surface area (Å²) < 4.78 is 11.7. The highest BCUT2D eigenvalue weighted by molar-refractivity contribution is 14.1. The summed E-state index contributed by atoms with van der Waals surface area (Å²) in [7, 11) is 1.62. The van der Waals surface area contributed by atoms with Gasteiger partial charge in [0.15, 0.2) is 11.6 Å². The maximum atomic E-state index is 6.15. The third-order valence-corrected chi connectivity index (χ3v) is 4.53. The Balaban J connectivity index is 2.13. The second-order valence-corrected chi connectivity index (χ2v) is 5.62. The first-order chi connectivity index (χ1) is 9.69. The maximum Gasteiger partial charge on any atom is 0.197 e. The Labute approximate surface area is 134 Å². The van der Waals surface area contributed by atoms with Gasteiger partial charge in [-0.2, -0.15) is 0 Å². The minimum atomic E-state index is 0.383. The molecule has 0 unspecified atom stereocenters. The molecule has 0 saturated heterocycles. The number of nitrogens with zero attached hydrogens (tertiary/aromatic N) is 2. The van der Waals surface area contributed by atoms with Gasteiger partial charge in [-0.15, -0.1) is 0 Å². The van der Waals surface area contributed by atoms with E-state index in [2.05, 4.69) is 32.6 Å². The van der Waals surface area contributed by atoms with Crippen molar-refractivity contribution >= 4 is 45.2 Å². The Hall–Kier alpha value is -1.18. The standard InChI is InChI=1S/C14H10ClIN2O2/c1-19-7-9-12(16)13(15)18-14(17-9)11-6-8-4-2-3-5-10(8)20-11/h2-6H,7H2,1H3. The van der Waals surface area contributed by atoms with Gasteiger partial charge >= 0.3 is 0 Å². The van der Waals surface area contributed by atoms with Crippen molar-refractivity contribution in [2.75, 3.05) is 7.11 Å². The highest BCUT2D eigenvalue weighted by Crippen LogP contribution is 2.28. The van der Waals surface area contributed by atoms with Crippen molar-refractivity contribution in [2.45, 2.75) is 6.61 Å². The summed E-state index contributed by atoms with van der Waals surface area (Å²) in [6.07, 6.45) is 0. The van der Waals surface area contributed by atoms with Crippen molar-refractivity contribution in [3.63, 3.8) is 0 Å². The van der Waals surface area contributed by atoms with E-state index in [9.17, 15) is 0 Å². The molecule has 0 fully saturated rings. The summed E-state index contributed by atoms with van der Waals surface area (Å²) in [6.45, 7) is 0.383. The Bertz CT molecular complexity index is 740. The van der Waals surface area contributed by atoms with Gasteiger partial charge in [0.1, 0.15) is 10.7 Å². The van der Waals surface area contributed by atoms with E-state index >= 15 is 0 Å². The zero-order valence-electron chi connectivity index (χ0n) is 10.6. The van der Waals surface area contributed by atoms with E-state index in [0.29, 0.717) is 23.3 Å². The van der Waals surface area contributed by atoms with Crippen LogP contribution < -0.4 is 0 Å². The average molecular weight is 401 g/mol. The molecule has 20 heavy (non-hydrogen) atoms. The number of hydrogen-bond donors (Lipinski definition) is 0. The van der Waals surface area contributed by atoms with Crippen LogP contribution in [0.25, 0.3) is 22.6 Å². The summed E-state index contributed by atoms with van der Waals surface area (Å²) in [6, 6.07) is 9.67. The molecule has 2 aromatic heterocycles. The molecule has 6 heteroatoms. The van der Waals surface area contributed by atoms with Gasteiger partial charge in [0.05, 0.1) is 15.9 Å². The third-order valence-electron chi connectivity index (χ3n) is 2.81. The van der Waals surface area contributed by atoms with Crippen molar-refractivity contribution in [1.82, 2.24) is 9.97 Å². The zero-order valence-corrected chi connectivity index (χ0v) is 13.5. The molecule has 4 nitrogen and oxygen atoms in total. The minimum Gasteiger partial charge on any atom is -0.453 e. The molecular formula is C14H10ClIN2O2.